The monoisotopic (exact) mass is 302 g/mol. The number of aliphatic hydroxyl groups is 1. The zero-order chi connectivity index (χ0) is 15.5. The molecule has 0 saturated carbocycles. The van der Waals surface area contributed by atoms with Crippen molar-refractivity contribution in [3.05, 3.63) is 23.1 Å². The molecule has 1 amide bonds. The van der Waals surface area contributed by atoms with Gasteiger partial charge in [-0.1, -0.05) is 0 Å². The van der Waals surface area contributed by atoms with Gasteiger partial charge in [0.1, 0.15) is 23.2 Å². The van der Waals surface area contributed by atoms with Crippen LogP contribution in [0, 0.1) is 0 Å². The molecule has 2 atom stereocenters. The maximum Gasteiger partial charge on any atom is 0.223 e. The molecule has 0 spiro atoms. The van der Waals surface area contributed by atoms with E-state index >= 15 is 0 Å². The summed E-state index contributed by atoms with van der Waals surface area (Å²) in [6.07, 6.45) is 2.93. The van der Waals surface area contributed by atoms with Crippen molar-refractivity contribution in [2.24, 2.45) is 15.4 Å². The van der Waals surface area contributed by atoms with Gasteiger partial charge in [0, 0.05) is 18.5 Å². The third kappa shape index (κ3) is 1.85. The number of allylic oxidation sites excluding steroid dienone is 2. The number of carbonyl (C=O) groups is 1. The fourth-order valence-electron chi connectivity index (χ4n) is 3.53. The van der Waals surface area contributed by atoms with Crippen molar-refractivity contribution < 1.29 is 14.6 Å². The van der Waals surface area contributed by atoms with Gasteiger partial charge >= 0.3 is 0 Å². The van der Waals surface area contributed by atoms with E-state index in [-0.39, 0.29) is 5.91 Å². The SMILES string of the molecule is CC1(C)OC2=C(C=C3N=NN=C3C2)C(N2CCCC2=O)C1O. The summed E-state index contributed by atoms with van der Waals surface area (Å²) in [7, 11) is 0. The van der Waals surface area contributed by atoms with Crippen molar-refractivity contribution in [2.45, 2.75) is 50.9 Å². The van der Waals surface area contributed by atoms with Gasteiger partial charge in [-0.15, -0.1) is 10.2 Å². The molecule has 4 aliphatic rings. The van der Waals surface area contributed by atoms with E-state index in [1.54, 1.807) is 4.90 Å². The van der Waals surface area contributed by atoms with Gasteiger partial charge in [0.05, 0.1) is 18.2 Å². The van der Waals surface area contributed by atoms with Crippen LogP contribution in [0.2, 0.25) is 0 Å². The lowest BCUT2D eigenvalue weighted by Crippen LogP contribution is -2.58. The number of amides is 1. The molecule has 0 aromatic heterocycles. The van der Waals surface area contributed by atoms with Gasteiger partial charge in [0.25, 0.3) is 0 Å². The van der Waals surface area contributed by atoms with Gasteiger partial charge < -0.3 is 14.7 Å². The molecule has 3 heterocycles. The van der Waals surface area contributed by atoms with Crippen LogP contribution in [0.3, 0.4) is 0 Å². The van der Waals surface area contributed by atoms with E-state index in [0.29, 0.717) is 25.1 Å². The molecule has 116 valence electrons. The van der Waals surface area contributed by atoms with Crippen LogP contribution in [0.5, 0.6) is 0 Å². The number of aliphatic hydroxyl groups excluding tert-OH is 1. The Morgan fingerprint density at radius 1 is 1.45 bits per heavy atom. The molecule has 0 aromatic rings. The molecule has 1 saturated heterocycles. The first kappa shape index (κ1) is 13.6. The van der Waals surface area contributed by atoms with E-state index in [2.05, 4.69) is 15.4 Å². The average molecular weight is 302 g/mol. The lowest BCUT2D eigenvalue weighted by Gasteiger charge is -2.46. The van der Waals surface area contributed by atoms with Gasteiger partial charge in [0.2, 0.25) is 5.91 Å². The van der Waals surface area contributed by atoms with Crippen LogP contribution >= 0.6 is 0 Å². The van der Waals surface area contributed by atoms with Crippen LogP contribution in [0.1, 0.15) is 33.1 Å². The number of carbonyl (C=O) groups excluding carboxylic acids is 1. The predicted octanol–water partition coefficient (Wildman–Crippen LogP) is 1.51. The fraction of sp³-hybridized carbons (Fsp3) is 0.600. The van der Waals surface area contributed by atoms with E-state index < -0.39 is 17.7 Å². The van der Waals surface area contributed by atoms with Gasteiger partial charge in [-0.05, 0) is 31.6 Å². The summed E-state index contributed by atoms with van der Waals surface area (Å²) in [5, 5.41) is 22.5. The van der Waals surface area contributed by atoms with Crippen molar-refractivity contribution in [1.82, 2.24) is 4.90 Å². The Morgan fingerprint density at radius 2 is 2.27 bits per heavy atom. The molecule has 0 bridgehead atoms. The lowest BCUT2D eigenvalue weighted by atomic mass is 9.82. The van der Waals surface area contributed by atoms with Crippen LogP contribution < -0.4 is 0 Å². The Morgan fingerprint density at radius 3 is 3.00 bits per heavy atom. The maximum absolute atomic E-state index is 12.2. The van der Waals surface area contributed by atoms with E-state index in [9.17, 15) is 9.90 Å². The minimum Gasteiger partial charge on any atom is -0.489 e. The Bertz CT molecular complexity index is 674. The number of likely N-dealkylation sites (tertiary alicyclic amines) is 1. The summed E-state index contributed by atoms with van der Waals surface area (Å²) in [5.74, 6) is 0.842. The molecule has 1 aliphatic carbocycles. The average Bonchev–Trinajstić information content (AvgIpc) is 3.07. The quantitative estimate of drug-likeness (QED) is 0.796. The van der Waals surface area contributed by atoms with Gasteiger partial charge in [-0.2, -0.15) is 0 Å². The summed E-state index contributed by atoms with van der Waals surface area (Å²) in [6, 6.07) is -0.390. The van der Waals surface area contributed by atoms with Crippen molar-refractivity contribution >= 4 is 11.6 Å². The lowest BCUT2D eigenvalue weighted by molar-refractivity contribution is -0.142. The highest BCUT2D eigenvalue weighted by molar-refractivity contribution is 6.03. The molecule has 4 rings (SSSR count). The fourth-order valence-corrected chi connectivity index (χ4v) is 3.53. The van der Waals surface area contributed by atoms with Gasteiger partial charge in [-0.25, -0.2) is 0 Å². The molecule has 0 aromatic carbocycles. The summed E-state index contributed by atoms with van der Waals surface area (Å²) >= 11 is 0. The molecular weight excluding hydrogens is 284 g/mol. The zero-order valence-corrected chi connectivity index (χ0v) is 12.6. The van der Waals surface area contributed by atoms with Gasteiger partial charge in [0.15, 0.2) is 0 Å². The highest BCUT2D eigenvalue weighted by Crippen LogP contribution is 2.41. The Hall–Kier alpha value is -2.02. The predicted molar refractivity (Wildman–Crippen MR) is 77.9 cm³/mol. The highest BCUT2D eigenvalue weighted by Gasteiger charge is 2.49. The zero-order valence-electron chi connectivity index (χ0n) is 12.6. The molecule has 7 heteroatoms. The maximum atomic E-state index is 12.2. The summed E-state index contributed by atoms with van der Waals surface area (Å²) in [4.78, 5) is 14.0. The first-order chi connectivity index (χ1) is 10.5. The number of nitrogens with zero attached hydrogens (tertiary/aromatic N) is 4. The van der Waals surface area contributed by atoms with E-state index in [4.69, 9.17) is 4.74 Å². The first-order valence-corrected chi connectivity index (χ1v) is 7.56. The van der Waals surface area contributed by atoms with Crippen LogP contribution in [-0.4, -0.2) is 45.9 Å². The van der Waals surface area contributed by atoms with E-state index in [1.807, 2.05) is 19.9 Å². The van der Waals surface area contributed by atoms with Crippen molar-refractivity contribution in [3.8, 4) is 0 Å². The molecule has 2 unspecified atom stereocenters. The minimum atomic E-state index is -0.790. The van der Waals surface area contributed by atoms with Gasteiger partial charge in [-0.3, -0.25) is 4.79 Å². The van der Waals surface area contributed by atoms with Crippen LogP contribution in [0.25, 0.3) is 0 Å². The summed E-state index contributed by atoms with van der Waals surface area (Å²) < 4.78 is 6.01. The first-order valence-electron chi connectivity index (χ1n) is 7.56. The standard InChI is InChI=1S/C15H18N4O3/c1-15(2)14(21)13(19-5-3-4-12(19)20)8-6-9-10(17-18-16-9)7-11(8)22-15/h6,13-14,21H,3-5,7H2,1-2H3. The second kappa shape index (κ2) is 4.49. The molecule has 0 radical (unpaired) electrons. The third-order valence-electron chi connectivity index (χ3n) is 4.72. The largest absolute Gasteiger partial charge is 0.489 e. The van der Waals surface area contributed by atoms with Crippen LogP contribution in [0.15, 0.2) is 38.5 Å². The Balaban J connectivity index is 1.81. The third-order valence-corrected chi connectivity index (χ3v) is 4.72. The number of hydrogen-bond acceptors (Lipinski definition) is 6. The number of fused-ring (bicyclic) bond motifs is 1. The van der Waals surface area contributed by atoms with E-state index in [0.717, 1.165) is 23.5 Å². The number of ether oxygens (including phenoxy) is 1. The van der Waals surface area contributed by atoms with Crippen LogP contribution in [0.4, 0.5) is 0 Å². The molecule has 3 aliphatic heterocycles. The van der Waals surface area contributed by atoms with Crippen molar-refractivity contribution in [1.29, 1.82) is 0 Å². The topological polar surface area (TPSA) is 86.9 Å². The molecule has 7 nitrogen and oxygen atoms in total. The number of rotatable bonds is 1. The Labute approximate surface area is 128 Å². The van der Waals surface area contributed by atoms with Crippen LogP contribution in [-0.2, 0) is 9.53 Å². The molecule has 22 heavy (non-hydrogen) atoms. The second-order valence-electron chi connectivity index (χ2n) is 6.61. The van der Waals surface area contributed by atoms with Crippen molar-refractivity contribution in [2.75, 3.05) is 6.54 Å². The minimum absolute atomic E-state index is 0.0829. The molecule has 1 N–H and O–H groups in total. The smallest absolute Gasteiger partial charge is 0.223 e. The van der Waals surface area contributed by atoms with E-state index in [1.165, 1.54) is 0 Å². The molecular formula is C15H18N4O3. The normalized spacial score (nSPS) is 32.5. The summed E-state index contributed by atoms with van der Waals surface area (Å²) in [6.45, 7) is 4.36. The Kier molecular flexibility index (Phi) is 2.78. The number of hydrogen-bond donors (Lipinski definition) is 1. The second-order valence-corrected chi connectivity index (χ2v) is 6.61. The summed E-state index contributed by atoms with van der Waals surface area (Å²) in [5.41, 5.74) is 1.55. The molecule has 1 fully saturated rings. The van der Waals surface area contributed by atoms with Crippen molar-refractivity contribution in [3.63, 3.8) is 0 Å². The highest BCUT2D eigenvalue weighted by atomic mass is 16.5.